The van der Waals surface area contributed by atoms with E-state index in [2.05, 4.69) is 4.98 Å². The third kappa shape index (κ3) is 2.15. The summed E-state index contributed by atoms with van der Waals surface area (Å²) in [7, 11) is 0. The molecule has 1 aromatic heterocycles. The van der Waals surface area contributed by atoms with E-state index >= 15 is 0 Å². The van der Waals surface area contributed by atoms with Crippen molar-refractivity contribution in [1.29, 1.82) is 0 Å². The standard InChI is InChI=1S/C8H12N2O3/c9-2-7(12)8(13)5-1-6(4-11)10-3-5/h1,3-4,7-8,10,12-13H,2,9H2. The zero-order valence-electron chi connectivity index (χ0n) is 6.97. The van der Waals surface area contributed by atoms with Gasteiger partial charge in [-0.15, -0.1) is 0 Å². The first-order valence-electron chi connectivity index (χ1n) is 3.88. The van der Waals surface area contributed by atoms with Crippen molar-refractivity contribution in [3.63, 3.8) is 0 Å². The number of hydrogen-bond donors (Lipinski definition) is 4. The first kappa shape index (κ1) is 9.91. The van der Waals surface area contributed by atoms with Gasteiger partial charge in [0.25, 0.3) is 0 Å². The lowest BCUT2D eigenvalue weighted by Gasteiger charge is -2.13. The van der Waals surface area contributed by atoms with Gasteiger partial charge in [0.1, 0.15) is 6.10 Å². The van der Waals surface area contributed by atoms with Gasteiger partial charge in [-0.25, -0.2) is 0 Å². The molecule has 1 heterocycles. The van der Waals surface area contributed by atoms with Crippen LogP contribution < -0.4 is 5.73 Å². The number of aliphatic hydroxyl groups is 2. The van der Waals surface area contributed by atoms with E-state index in [-0.39, 0.29) is 6.54 Å². The summed E-state index contributed by atoms with van der Waals surface area (Å²) in [6.45, 7) is -0.0250. The molecule has 2 atom stereocenters. The lowest BCUT2D eigenvalue weighted by atomic mass is 10.1. The number of aldehydes is 1. The molecule has 0 aromatic carbocycles. The molecular weight excluding hydrogens is 172 g/mol. The molecule has 0 saturated heterocycles. The fraction of sp³-hybridized carbons (Fsp3) is 0.375. The number of nitrogens with one attached hydrogen (secondary N) is 1. The summed E-state index contributed by atoms with van der Waals surface area (Å²) in [6, 6.07) is 1.47. The molecule has 0 saturated carbocycles. The largest absolute Gasteiger partial charge is 0.389 e. The fourth-order valence-corrected chi connectivity index (χ4v) is 1.02. The molecule has 13 heavy (non-hydrogen) atoms. The van der Waals surface area contributed by atoms with Crippen LogP contribution in [0.1, 0.15) is 22.2 Å². The summed E-state index contributed by atoms with van der Waals surface area (Å²) in [6.07, 6.45) is 0.0449. The highest BCUT2D eigenvalue weighted by molar-refractivity contribution is 5.72. The Hall–Kier alpha value is -1.17. The van der Waals surface area contributed by atoms with Gasteiger partial charge in [-0.1, -0.05) is 0 Å². The van der Waals surface area contributed by atoms with Gasteiger partial charge in [-0.3, -0.25) is 4.79 Å². The topological polar surface area (TPSA) is 99.3 Å². The van der Waals surface area contributed by atoms with E-state index in [1.807, 2.05) is 0 Å². The number of nitrogens with two attached hydrogens (primary N) is 1. The van der Waals surface area contributed by atoms with Gasteiger partial charge in [0.2, 0.25) is 0 Å². The minimum Gasteiger partial charge on any atom is -0.389 e. The summed E-state index contributed by atoms with van der Waals surface area (Å²) in [5, 5.41) is 18.6. The van der Waals surface area contributed by atoms with Gasteiger partial charge in [-0.05, 0) is 6.07 Å². The summed E-state index contributed by atoms with van der Waals surface area (Å²) in [4.78, 5) is 12.9. The Balaban J connectivity index is 2.76. The predicted molar refractivity (Wildman–Crippen MR) is 46.2 cm³/mol. The van der Waals surface area contributed by atoms with Gasteiger partial charge in [0, 0.05) is 18.3 Å². The summed E-state index contributed by atoms with van der Waals surface area (Å²) < 4.78 is 0. The Morgan fingerprint density at radius 2 is 2.31 bits per heavy atom. The fourth-order valence-electron chi connectivity index (χ4n) is 1.02. The van der Waals surface area contributed by atoms with Crippen molar-refractivity contribution in [2.75, 3.05) is 6.54 Å². The average molecular weight is 184 g/mol. The van der Waals surface area contributed by atoms with E-state index in [1.165, 1.54) is 12.3 Å². The minimum absolute atomic E-state index is 0.0250. The number of aromatic amines is 1. The summed E-state index contributed by atoms with van der Waals surface area (Å²) >= 11 is 0. The highest BCUT2D eigenvalue weighted by atomic mass is 16.3. The molecule has 0 amide bonds. The lowest BCUT2D eigenvalue weighted by Crippen LogP contribution is -2.26. The van der Waals surface area contributed by atoms with Gasteiger partial charge in [0.05, 0.1) is 11.8 Å². The van der Waals surface area contributed by atoms with Gasteiger partial charge in [0.15, 0.2) is 6.29 Å². The summed E-state index contributed by atoms with van der Waals surface area (Å²) in [5.74, 6) is 0. The van der Waals surface area contributed by atoms with Crippen LogP contribution in [0.25, 0.3) is 0 Å². The number of aliphatic hydroxyl groups excluding tert-OH is 2. The molecule has 2 unspecified atom stereocenters. The van der Waals surface area contributed by atoms with Crippen LogP contribution in [0.5, 0.6) is 0 Å². The third-order valence-electron chi connectivity index (χ3n) is 1.80. The Labute approximate surface area is 75.2 Å². The number of rotatable bonds is 4. The molecule has 5 heteroatoms. The summed E-state index contributed by atoms with van der Waals surface area (Å²) in [5.41, 5.74) is 5.98. The smallest absolute Gasteiger partial charge is 0.166 e. The highest BCUT2D eigenvalue weighted by Gasteiger charge is 2.17. The molecule has 5 N–H and O–H groups in total. The molecule has 0 spiro atoms. The van der Waals surface area contributed by atoms with Crippen molar-refractivity contribution >= 4 is 6.29 Å². The zero-order valence-corrected chi connectivity index (χ0v) is 6.97. The maximum Gasteiger partial charge on any atom is 0.166 e. The van der Waals surface area contributed by atoms with Gasteiger partial charge in [-0.2, -0.15) is 0 Å². The van der Waals surface area contributed by atoms with Crippen molar-refractivity contribution in [1.82, 2.24) is 4.98 Å². The van der Waals surface area contributed by atoms with Crippen LogP contribution in [0.2, 0.25) is 0 Å². The molecule has 1 rings (SSSR count). The lowest BCUT2D eigenvalue weighted by molar-refractivity contribution is 0.0244. The van der Waals surface area contributed by atoms with Crippen molar-refractivity contribution in [3.05, 3.63) is 23.5 Å². The van der Waals surface area contributed by atoms with Crippen molar-refractivity contribution < 1.29 is 15.0 Å². The predicted octanol–water partition coefficient (Wildman–Crippen LogP) is -0.820. The molecule has 0 fully saturated rings. The van der Waals surface area contributed by atoms with E-state index in [4.69, 9.17) is 5.73 Å². The number of hydrogen-bond acceptors (Lipinski definition) is 4. The molecule has 0 aliphatic heterocycles. The number of carbonyl (C=O) groups excluding carboxylic acids is 1. The van der Waals surface area contributed by atoms with E-state index < -0.39 is 12.2 Å². The Bertz CT molecular complexity index is 285. The first-order valence-corrected chi connectivity index (χ1v) is 3.88. The van der Waals surface area contributed by atoms with Crippen molar-refractivity contribution in [2.24, 2.45) is 5.73 Å². The zero-order chi connectivity index (χ0) is 9.84. The number of carbonyl (C=O) groups is 1. The second kappa shape index (κ2) is 4.18. The quantitative estimate of drug-likeness (QED) is 0.459. The number of aromatic nitrogens is 1. The molecule has 5 nitrogen and oxygen atoms in total. The van der Waals surface area contributed by atoms with Crippen molar-refractivity contribution in [3.8, 4) is 0 Å². The Kier molecular flexibility index (Phi) is 3.18. The van der Waals surface area contributed by atoms with Crippen molar-refractivity contribution in [2.45, 2.75) is 12.2 Å². The van der Waals surface area contributed by atoms with E-state index in [1.54, 1.807) is 0 Å². The van der Waals surface area contributed by atoms with Crippen LogP contribution in [0.15, 0.2) is 12.3 Å². The van der Waals surface area contributed by atoms with Gasteiger partial charge < -0.3 is 20.9 Å². The van der Waals surface area contributed by atoms with Crippen LogP contribution in [0.3, 0.4) is 0 Å². The Morgan fingerprint density at radius 3 is 2.77 bits per heavy atom. The van der Waals surface area contributed by atoms with Crippen LogP contribution >= 0.6 is 0 Å². The molecular formula is C8H12N2O3. The van der Waals surface area contributed by atoms with Crippen LogP contribution in [0, 0.1) is 0 Å². The first-order chi connectivity index (χ1) is 6.19. The maximum atomic E-state index is 10.3. The normalized spacial score (nSPS) is 15.3. The maximum absolute atomic E-state index is 10.3. The minimum atomic E-state index is -1.05. The third-order valence-corrected chi connectivity index (χ3v) is 1.80. The average Bonchev–Trinajstić information content (AvgIpc) is 2.63. The molecule has 0 radical (unpaired) electrons. The van der Waals surface area contributed by atoms with E-state index in [0.29, 0.717) is 17.5 Å². The Morgan fingerprint density at radius 1 is 1.62 bits per heavy atom. The molecule has 0 aliphatic carbocycles. The van der Waals surface area contributed by atoms with Crippen LogP contribution in [0.4, 0.5) is 0 Å². The molecule has 72 valence electrons. The number of H-pyrrole nitrogens is 1. The second-order valence-corrected chi connectivity index (χ2v) is 2.75. The molecule has 0 bridgehead atoms. The van der Waals surface area contributed by atoms with E-state index in [9.17, 15) is 15.0 Å². The monoisotopic (exact) mass is 184 g/mol. The van der Waals surface area contributed by atoms with Gasteiger partial charge >= 0.3 is 0 Å². The second-order valence-electron chi connectivity index (χ2n) is 2.75. The van der Waals surface area contributed by atoms with E-state index in [0.717, 1.165) is 0 Å². The highest BCUT2D eigenvalue weighted by Crippen LogP contribution is 2.16. The molecule has 0 aliphatic rings. The SMILES string of the molecule is NCC(O)C(O)c1c[nH]c(C=O)c1. The van der Waals surface area contributed by atoms with Crippen LogP contribution in [-0.4, -0.2) is 34.1 Å². The molecule has 1 aromatic rings. The van der Waals surface area contributed by atoms with Crippen LogP contribution in [-0.2, 0) is 0 Å².